The molecule has 18 heavy (non-hydrogen) atoms. The van der Waals surface area contributed by atoms with Crippen LogP contribution in [0.15, 0.2) is 45.8 Å². The van der Waals surface area contributed by atoms with E-state index in [4.69, 9.17) is 0 Å². The van der Waals surface area contributed by atoms with Crippen LogP contribution in [0, 0.1) is 0 Å². The number of unbranched alkanes of at least 4 members (excludes halogenated alkanes) is 1. The molecule has 1 rings (SSSR count). The van der Waals surface area contributed by atoms with Crippen molar-refractivity contribution in [3.63, 3.8) is 0 Å². The maximum absolute atomic E-state index is 4.49. The monoisotopic (exact) mass is 261 g/mol. The molecular weight excluding hydrogens is 238 g/mol. The van der Waals surface area contributed by atoms with Crippen molar-refractivity contribution in [2.45, 2.75) is 38.5 Å². The molecule has 0 atom stereocenters. The second-order valence-electron chi connectivity index (χ2n) is 4.35. The number of hydrogen-bond acceptors (Lipinski definition) is 2. The second kappa shape index (κ2) is 8.98. The van der Waals surface area contributed by atoms with Crippen LogP contribution in [0.4, 0.5) is 0 Å². The highest BCUT2D eigenvalue weighted by Crippen LogP contribution is 2.23. The van der Waals surface area contributed by atoms with Crippen LogP contribution in [-0.4, -0.2) is 18.5 Å². The van der Waals surface area contributed by atoms with Gasteiger partial charge in [-0.05, 0) is 26.3 Å². The number of hydrogen-bond donors (Lipinski definition) is 0. The predicted octanol–water partition coefficient (Wildman–Crippen LogP) is 4.96. The van der Waals surface area contributed by atoms with Gasteiger partial charge in [0.05, 0.1) is 0 Å². The first-order valence-corrected chi connectivity index (χ1v) is 7.60. The molecule has 0 unspecified atom stereocenters. The van der Waals surface area contributed by atoms with Crippen molar-refractivity contribution in [2.75, 3.05) is 12.3 Å². The normalized spacial score (nSPS) is 12.3. The summed E-state index contributed by atoms with van der Waals surface area (Å²) in [7, 11) is 0. The first-order chi connectivity index (χ1) is 8.77. The lowest BCUT2D eigenvalue weighted by atomic mass is 10.2. The summed E-state index contributed by atoms with van der Waals surface area (Å²) in [6.45, 7) is 7.39. The van der Waals surface area contributed by atoms with Crippen LogP contribution >= 0.6 is 11.8 Å². The van der Waals surface area contributed by atoms with E-state index in [0.29, 0.717) is 0 Å². The van der Waals surface area contributed by atoms with E-state index in [2.05, 4.69) is 56.1 Å². The Kier molecular flexibility index (Phi) is 7.51. The first kappa shape index (κ1) is 15.0. The first-order valence-electron chi connectivity index (χ1n) is 6.61. The Morgan fingerprint density at radius 2 is 2.11 bits per heavy atom. The molecule has 1 nitrogen and oxygen atoms in total. The van der Waals surface area contributed by atoms with E-state index < -0.39 is 0 Å². The van der Waals surface area contributed by atoms with Crippen LogP contribution in [0.25, 0.3) is 0 Å². The molecule has 0 saturated carbocycles. The third kappa shape index (κ3) is 5.54. The number of aliphatic imine (C=N–C) groups is 1. The van der Waals surface area contributed by atoms with Crippen molar-refractivity contribution in [1.82, 2.24) is 0 Å². The van der Waals surface area contributed by atoms with Gasteiger partial charge in [0.1, 0.15) is 0 Å². The average Bonchev–Trinajstić information content (AvgIpc) is 2.42. The number of nitrogens with zero attached hydrogens (tertiary/aromatic N) is 1. The third-order valence-electron chi connectivity index (χ3n) is 2.74. The van der Waals surface area contributed by atoms with Crippen LogP contribution in [0.1, 0.15) is 39.2 Å². The van der Waals surface area contributed by atoms with Crippen LogP contribution in [0.5, 0.6) is 0 Å². The maximum atomic E-state index is 4.49. The van der Waals surface area contributed by atoms with E-state index >= 15 is 0 Å². The molecule has 0 bridgehead atoms. The van der Waals surface area contributed by atoms with Crippen molar-refractivity contribution >= 4 is 18.0 Å². The molecule has 0 spiro atoms. The van der Waals surface area contributed by atoms with E-state index in [1.807, 2.05) is 18.0 Å². The lowest BCUT2D eigenvalue weighted by Gasteiger charge is -2.05. The fourth-order valence-electron chi connectivity index (χ4n) is 1.41. The average molecular weight is 261 g/mol. The van der Waals surface area contributed by atoms with Gasteiger partial charge in [-0.25, -0.2) is 0 Å². The molecule has 0 radical (unpaired) electrons. The van der Waals surface area contributed by atoms with Crippen molar-refractivity contribution < 1.29 is 0 Å². The van der Waals surface area contributed by atoms with Gasteiger partial charge in [0.15, 0.2) is 0 Å². The Morgan fingerprint density at radius 3 is 2.83 bits per heavy atom. The van der Waals surface area contributed by atoms with Gasteiger partial charge in [-0.3, -0.25) is 4.99 Å². The Bertz CT molecular complexity index is 407. The molecule has 0 aliphatic heterocycles. The fourth-order valence-corrected chi connectivity index (χ4v) is 2.42. The van der Waals surface area contributed by atoms with Gasteiger partial charge in [0.2, 0.25) is 0 Å². The zero-order chi connectivity index (χ0) is 13.2. The zero-order valence-electron chi connectivity index (χ0n) is 11.6. The SMILES string of the molecule is C/C=C(\C)CSc1ccccc1C=NCCCC. The summed E-state index contributed by atoms with van der Waals surface area (Å²) in [5.41, 5.74) is 2.65. The molecule has 0 N–H and O–H groups in total. The number of rotatable bonds is 7. The molecule has 0 aliphatic carbocycles. The summed E-state index contributed by atoms with van der Waals surface area (Å²) in [5, 5.41) is 0. The minimum Gasteiger partial charge on any atom is -0.293 e. The van der Waals surface area contributed by atoms with Crippen LogP contribution < -0.4 is 0 Å². The zero-order valence-corrected chi connectivity index (χ0v) is 12.5. The van der Waals surface area contributed by atoms with Gasteiger partial charge in [0, 0.05) is 29.0 Å². The van der Waals surface area contributed by atoms with Gasteiger partial charge < -0.3 is 0 Å². The number of allylic oxidation sites excluding steroid dienone is 1. The smallest absolute Gasteiger partial charge is 0.0389 e. The molecule has 0 fully saturated rings. The topological polar surface area (TPSA) is 12.4 Å². The molecule has 98 valence electrons. The third-order valence-corrected chi connectivity index (χ3v) is 4.02. The molecule has 0 aromatic heterocycles. The van der Waals surface area contributed by atoms with E-state index in [9.17, 15) is 0 Å². The highest BCUT2D eigenvalue weighted by Gasteiger charge is 2.00. The number of benzene rings is 1. The molecule has 2 heteroatoms. The minimum absolute atomic E-state index is 0.934. The summed E-state index contributed by atoms with van der Waals surface area (Å²) in [5.74, 6) is 1.05. The van der Waals surface area contributed by atoms with Crippen molar-refractivity contribution in [3.05, 3.63) is 41.5 Å². The summed E-state index contributed by atoms with van der Waals surface area (Å²) in [6.07, 6.45) is 6.56. The maximum Gasteiger partial charge on any atom is 0.0389 e. The largest absolute Gasteiger partial charge is 0.293 e. The quantitative estimate of drug-likeness (QED) is 0.292. The lowest BCUT2D eigenvalue weighted by Crippen LogP contribution is -1.89. The molecule has 0 amide bonds. The lowest BCUT2D eigenvalue weighted by molar-refractivity contribution is 0.810. The molecule has 1 aromatic rings. The van der Waals surface area contributed by atoms with Crippen LogP contribution in [-0.2, 0) is 0 Å². The van der Waals surface area contributed by atoms with E-state index in [-0.39, 0.29) is 0 Å². The predicted molar refractivity (Wildman–Crippen MR) is 84.0 cm³/mol. The molecule has 0 aliphatic rings. The van der Waals surface area contributed by atoms with Gasteiger partial charge in [-0.2, -0.15) is 0 Å². The molecule has 0 saturated heterocycles. The van der Waals surface area contributed by atoms with Crippen molar-refractivity contribution in [3.8, 4) is 0 Å². The summed E-state index contributed by atoms with van der Waals surface area (Å²) in [6, 6.07) is 8.49. The van der Waals surface area contributed by atoms with E-state index in [1.54, 1.807) is 0 Å². The van der Waals surface area contributed by atoms with Gasteiger partial charge >= 0.3 is 0 Å². The van der Waals surface area contributed by atoms with Crippen molar-refractivity contribution in [1.29, 1.82) is 0 Å². The van der Waals surface area contributed by atoms with E-state index in [0.717, 1.165) is 12.3 Å². The van der Waals surface area contributed by atoms with Gasteiger partial charge in [0.25, 0.3) is 0 Å². The summed E-state index contributed by atoms with van der Waals surface area (Å²) in [4.78, 5) is 5.80. The molecule has 1 aromatic carbocycles. The Labute approximate surface area is 115 Å². The molecule has 0 heterocycles. The highest BCUT2D eigenvalue weighted by molar-refractivity contribution is 7.99. The Balaban J connectivity index is 2.64. The Morgan fingerprint density at radius 1 is 1.33 bits per heavy atom. The number of thioether (sulfide) groups is 1. The van der Waals surface area contributed by atoms with Crippen LogP contribution in [0.2, 0.25) is 0 Å². The standard InChI is InChI=1S/C16H23NS/c1-4-6-11-17-12-15-9-7-8-10-16(15)18-13-14(3)5-2/h5,7-10,12H,4,6,11,13H2,1-3H3/b14-5+,17-12?. The summed E-state index contributed by atoms with van der Waals surface area (Å²) < 4.78 is 0. The van der Waals surface area contributed by atoms with Crippen molar-refractivity contribution in [2.24, 2.45) is 4.99 Å². The minimum atomic E-state index is 0.934. The van der Waals surface area contributed by atoms with Gasteiger partial charge in [-0.1, -0.05) is 43.2 Å². The highest BCUT2D eigenvalue weighted by atomic mass is 32.2. The molecular formula is C16H23NS. The second-order valence-corrected chi connectivity index (χ2v) is 5.37. The Hall–Kier alpha value is -1.02. The van der Waals surface area contributed by atoms with E-state index in [1.165, 1.54) is 28.9 Å². The summed E-state index contributed by atoms with van der Waals surface area (Å²) >= 11 is 1.88. The van der Waals surface area contributed by atoms with Crippen LogP contribution in [0.3, 0.4) is 0 Å². The van der Waals surface area contributed by atoms with Gasteiger partial charge in [-0.15, -0.1) is 11.8 Å². The fraction of sp³-hybridized carbons (Fsp3) is 0.438.